The lowest BCUT2D eigenvalue weighted by atomic mass is 10.1. The number of carbonyl (C=O) groups excluding carboxylic acids is 1. The van der Waals surface area contributed by atoms with Crippen molar-refractivity contribution in [2.24, 2.45) is 0 Å². The van der Waals surface area contributed by atoms with Crippen molar-refractivity contribution in [1.82, 2.24) is 0 Å². The highest BCUT2D eigenvalue weighted by molar-refractivity contribution is 6.09. The number of ether oxygens (including phenoxy) is 1. The second kappa shape index (κ2) is 6.31. The Morgan fingerprint density at radius 1 is 1.19 bits per heavy atom. The highest BCUT2D eigenvalue weighted by Gasteiger charge is 2.19. The van der Waals surface area contributed by atoms with E-state index in [1.165, 1.54) is 0 Å². The molecule has 0 saturated carbocycles. The second-order valence-corrected chi connectivity index (χ2v) is 4.84. The Kier molecular flexibility index (Phi) is 4.48. The maximum atomic E-state index is 12.7. The zero-order chi connectivity index (χ0) is 15.4. The number of carbonyl (C=O) groups is 1. The maximum Gasteiger partial charge on any atom is 0.260 e. The molecule has 1 amide bonds. The smallest absolute Gasteiger partial charge is 0.260 e. The highest BCUT2D eigenvalue weighted by Crippen LogP contribution is 2.24. The number of hydrogen-bond donors (Lipinski definition) is 1. The molecule has 0 radical (unpaired) electrons. The maximum absolute atomic E-state index is 12.7. The molecule has 4 nitrogen and oxygen atoms in total. The zero-order valence-corrected chi connectivity index (χ0v) is 12.6. The number of methoxy groups -OCH3 is 1. The van der Waals surface area contributed by atoms with E-state index in [9.17, 15) is 4.79 Å². The molecule has 0 heterocycles. The van der Waals surface area contributed by atoms with E-state index >= 15 is 0 Å². The first-order valence-corrected chi connectivity index (χ1v) is 6.89. The average molecular weight is 284 g/mol. The Morgan fingerprint density at radius 2 is 1.86 bits per heavy atom. The molecule has 0 unspecified atom stereocenters. The minimum absolute atomic E-state index is 0.127. The van der Waals surface area contributed by atoms with Gasteiger partial charge in [-0.05, 0) is 44.2 Å². The second-order valence-electron chi connectivity index (χ2n) is 4.84. The highest BCUT2D eigenvalue weighted by atomic mass is 16.5. The number of anilines is 2. The lowest BCUT2D eigenvalue weighted by Crippen LogP contribution is -2.31. The molecule has 0 atom stereocenters. The summed E-state index contributed by atoms with van der Waals surface area (Å²) in [5.74, 6) is 0.491. The molecular formula is C17H20N2O2. The fourth-order valence-corrected chi connectivity index (χ4v) is 2.16. The van der Waals surface area contributed by atoms with Crippen molar-refractivity contribution in [2.45, 2.75) is 13.8 Å². The molecular weight excluding hydrogens is 264 g/mol. The number of rotatable bonds is 4. The molecule has 2 aromatic carbocycles. The number of nitrogen functional groups attached to an aromatic ring is 1. The van der Waals surface area contributed by atoms with Gasteiger partial charge in [-0.1, -0.05) is 17.7 Å². The van der Waals surface area contributed by atoms with Crippen LogP contribution in [0, 0.1) is 6.92 Å². The van der Waals surface area contributed by atoms with Crippen molar-refractivity contribution >= 4 is 17.3 Å². The zero-order valence-electron chi connectivity index (χ0n) is 12.6. The van der Waals surface area contributed by atoms with Gasteiger partial charge in [0.05, 0.1) is 12.7 Å². The van der Waals surface area contributed by atoms with Crippen LogP contribution in [-0.2, 0) is 0 Å². The van der Waals surface area contributed by atoms with Crippen molar-refractivity contribution in [1.29, 1.82) is 0 Å². The molecule has 0 bridgehead atoms. The molecule has 2 rings (SSSR count). The van der Waals surface area contributed by atoms with Crippen LogP contribution < -0.4 is 15.4 Å². The third-order valence-corrected chi connectivity index (χ3v) is 3.40. The quantitative estimate of drug-likeness (QED) is 0.877. The Bertz CT molecular complexity index is 636. The van der Waals surface area contributed by atoms with Gasteiger partial charge in [0, 0.05) is 17.9 Å². The van der Waals surface area contributed by atoms with Crippen LogP contribution in [0.4, 0.5) is 11.4 Å². The normalized spacial score (nSPS) is 10.2. The van der Waals surface area contributed by atoms with E-state index in [1.807, 2.05) is 38.1 Å². The number of benzene rings is 2. The minimum Gasteiger partial charge on any atom is -0.497 e. The van der Waals surface area contributed by atoms with Crippen LogP contribution >= 0.6 is 0 Å². The van der Waals surface area contributed by atoms with E-state index in [1.54, 1.807) is 30.2 Å². The van der Waals surface area contributed by atoms with Crippen molar-refractivity contribution in [2.75, 3.05) is 24.3 Å². The molecule has 0 fully saturated rings. The van der Waals surface area contributed by atoms with E-state index in [0.717, 1.165) is 11.3 Å². The predicted octanol–water partition coefficient (Wildman–Crippen LogP) is 3.25. The molecule has 0 aromatic heterocycles. The van der Waals surface area contributed by atoms with Gasteiger partial charge in [-0.15, -0.1) is 0 Å². The standard InChI is InChI=1S/C17H20N2O2/c1-4-19(13-7-5-12(2)6-8-13)17(20)15-11-14(21-3)9-10-16(15)18/h5-11H,4,18H2,1-3H3. The van der Waals surface area contributed by atoms with Crippen LogP contribution in [0.25, 0.3) is 0 Å². The number of amides is 1. The summed E-state index contributed by atoms with van der Waals surface area (Å²) in [4.78, 5) is 14.4. The first kappa shape index (κ1) is 14.9. The van der Waals surface area contributed by atoms with E-state index in [-0.39, 0.29) is 5.91 Å². The molecule has 0 aliphatic heterocycles. The van der Waals surface area contributed by atoms with E-state index in [0.29, 0.717) is 23.5 Å². The van der Waals surface area contributed by atoms with Crippen LogP contribution in [-0.4, -0.2) is 19.6 Å². The van der Waals surface area contributed by atoms with Gasteiger partial charge in [0.25, 0.3) is 5.91 Å². The van der Waals surface area contributed by atoms with Crippen molar-refractivity contribution in [3.05, 3.63) is 53.6 Å². The van der Waals surface area contributed by atoms with E-state index in [4.69, 9.17) is 10.5 Å². The third kappa shape index (κ3) is 3.16. The molecule has 0 aliphatic rings. The van der Waals surface area contributed by atoms with Crippen LogP contribution in [0.2, 0.25) is 0 Å². The van der Waals surface area contributed by atoms with Gasteiger partial charge >= 0.3 is 0 Å². The summed E-state index contributed by atoms with van der Waals surface area (Å²) in [6.45, 7) is 4.52. The van der Waals surface area contributed by atoms with Crippen LogP contribution in [0.3, 0.4) is 0 Å². The number of aryl methyl sites for hydroxylation is 1. The van der Waals surface area contributed by atoms with Gasteiger partial charge < -0.3 is 15.4 Å². The van der Waals surface area contributed by atoms with Crippen LogP contribution in [0.5, 0.6) is 5.75 Å². The van der Waals surface area contributed by atoms with Crippen molar-refractivity contribution in [3.8, 4) is 5.75 Å². The summed E-state index contributed by atoms with van der Waals surface area (Å²) in [6.07, 6.45) is 0. The molecule has 0 spiro atoms. The third-order valence-electron chi connectivity index (χ3n) is 3.40. The van der Waals surface area contributed by atoms with Gasteiger partial charge in [-0.2, -0.15) is 0 Å². The average Bonchev–Trinajstić information content (AvgIpc) is 2.50. The summed E-state index contributed by atoms with van der Waals surface area (Å²) in [7, 11) is 1.57. The Hall–Kier alpha value is -2.49. The SMILES string of the molecule is CCN(C(=O)c1cc(OC)ccc1N)c1ccc(C)cc1. The molecule has 21 heavy (non-hydrogen) atoms. The van der Waals surface area contributed by atoms with Gasteiger partial charge in [-0.3, -0.25) is 4.79 Å². The Balaban J connectivity index is 2.38. The first-order chi connectivity index (χ1) is 10.1. The van der Waals surface area contributed by atoms with Gasteiger partial charge in [0.2, 0.25) is 0 Å². The molecule has 0 aliphatic carbocycles. The fraction of sp³-hybridized carbons (Fsp3) is 0.235. The number of nitrogens with zero attached hydrogens (tertiary/aromatic N) is 1. The fourth-order valence-electron chi connectivity index (χ4n) is 2.16. The minimum atomic E-state index is -0.127. The van der Waals surface area contributed by atoms with Gasteiger partial charge in [0.15, 0.2) is 0 Å². The summed E-state index contributed by atoms with van der Waals surface area (Å²) in [6, 6.07) is 13.0. The largest absolute Gasteiger partial charge is 0.497 e. The monoisotopic (exact) mass is 284 g/mol. The van der Waals surface area contributed by atoms with Crippen molar-refractivity contribution < 1.29 is 9.53 Å². The molecule has 0 saturated heterocycles. The lowest BCUT2D eigenvalue weighted by molar-refractivity contribution is 0.0989. The Labute approximate surface area is 125 Å². The molecule has 110 valence electrons. The molecule has 4 heteroatoms. The first-order valence-electron chi connectivity index (χ1n) is 6.89. The number of hydrogen-bond acceptors (Lipinski definition) is 3. The summed E-state index contributed by atoms with van der Waals surface area (Å²) < 4.78 is 5.17. The molecule has 2 N–H and O–H groups in total. The molecule has 2 aromatic rings. The Morgan fingerprint density at radius 3 is 2.43 bits per heavy atom. The van der Waals surface area contributed by atoms with Gasteiger partial charge in [0.1, 0.15) is 5.75 Å². The van der Waals surface area contributed by atoms with E-state index in [2.05, 4.69) is 0 Å². The van der Waals surface area contributed by atoms with Crippen LogP contribution in [0.1, 0.15) is 22.8 Å². The van der Waals surface area contributed by atoms with E-state index < -0.39 is 0 Å². The van der Waals surface area contributed by atoms with Crippen LogP contribution in [0.15, 0.2) is 42.5 Å². The van der Waals surface area contributed by atoms with Gasteiger partial charge in [-0.25, -0.2) is 0 Å². The summed E-state index contributed by atoms with van der Waals surface area (Å²) in [5, 5.41) is 0. The number of nitrogens with two attached hydrogens (primary N) is 1. The lowest BCUT2D eigenvalue weighted by Gasteiger charge is -2.22. The topological polar surface area (TPSA) is 55.6 Å². The summed E-state index contributed by atoms with van der Waals surface area (Å²) in [5.41, 5.74) is 8.85. The summed E-state index contributed by atoms with van der Waals surface area (Å²) >= 11 is 0. The van der Waals surface area contributed by atoms with Crippen molar-refractivity contribution in [3.63, 3.8) is 0 Å². The predicted molar refractivity (Wildman–Crippen MR) is 85.9 cm³/mol.